The molecule has 0 aromatic carbocycles. The molecule has 6 nitrogen and oxygen atoms in total. The quantitative estimate of drug-likeness (QED) is 0.631. The molecule has 0 bridgehead atoms. The average molecular weight is 269 g/mol. The second-order valence-electron chi connectivity index (χ2n) is 3.82. The molecule has 0 unspecified atom stereocenters. The number of aliphatic hydroxyl groups excluding tert-OH is 1. The van der Waals surface area contributed by atoms with Crippen molar-refractivity contribution in [2.75, 3.05) is 39.3 Å². The van der Waals surface area contributed by atoms with Gasteiger partial charge >= 0.3 is 12.2 Å². The minimum atomic E-state index is -4.38. The normalized spacial score (nSPS) is 16.6. The number of nitrogens with zero attached hydrogens (tertiary/aromatic N) is 2. The number of urea groups is 1. The van der Waals surface area contributed by atoms with Crippen LogP contribution in [0, 0.1) is 0 Å². The summed E-state index contributed by atoms with van der Waals surface area (Å²) in [4.78, 5) is 24.1. The van der Waals surface area contributed by atoms with Gasteiger partial charge in [-0.25, -0.2) is 4.79 Å². The van der Waals surface area contributed by atoms with E-state index in [1.807, 2.05) is 0 Å². The van der Waals surface area contributed by atoms with Gasteiger partial charge in [0.25, 0.3) is 0 Å². The van der Waals surface area contributed by atoms with Gasteiger partial charge in [-0.15, -0.1) is 0 Å². The zero-order valence-electron chi connectivity index (χ0n) is 9.53. The van der Waals surface area contributed by atoms with Crippen molar-refractivity contribution >= 4 is 11.9 Å². The Balaban J connectivity index is 2.46. The lowest BCUT2D eigenvalue weighted by atomic mass is 10.4. The number of carbonyl (C=O) groups is 2. The highest BCUT2D eigenvalue weighted by atomic mass is 19.4. The van der Waals surface area contributed by atoms with Crippen molar-refractivity contribution in [3.8, 4) is 0 Å². The largest absolute Gasteiger partial charge is 0.401 e. The second-order valence-corrected chi connectivity index (χ2v) is 3.82. The second kappa shape index (κ2) is 6.01. The first-order chi connectivity index (χ1) is 8.33. The Morgan fingerprint density at radius 3 is 2.44 bits per heavy atom. The Labute approximate surface area is 101 Å². The SMILES string of the molecule is O=C1CNC(=O)N1CCN(CCO)CC(F)(F)F. The standard InChI is InChI=1S/C9H14F3N3O3/c10-9(11,12)6-14(3-4-16)1-2-15-7(17)5-13-8(15)18/h16H,1-6H2,(H,13,18). The third-order valence-corrected chi connectivity index (χ3v) is 2.40. The summed E-state index contributed by atoms with van der Waals surface area (Å²) < 4.78 is 36.6. The Hall–Kier alpha value is -1.35. The zero-order valence-corrected chi connectivity index (χ0v) is 9.53. The summed E-state index contributed by atoms with van der Waals surface area (Å²) in [6, 6.07) is -0.601. The highest BCUT2D eigenvalue weighted by Gasteiger charge is 2.32. The first kappa shape index (κ1) is 14.7. The van der Waals surface area contributed by atoms with Crippen LogP contribution in [0.5, 0.6) is 0 Å². The van der Waals surface area contributed by atoms with E-state index in [4.69, 9.17) is 5.11 Å². The molecular formula is C9H14F3N3O3. The van der Waals surface area contributed by atoms with Crippen LogP contribution in [0.2, 0.25) is 0 Å². The van der Waals surface area contributed by atoms with E-state index in [1.54, 1.807) is 0 Å². The lowest BCUT2D eigenvalue weighted by Gasteiger charge is -2.24. The van der Waals surface area contributed by atoms with Crippen LogP contribution in [0.15, 0.2) is 0 Å². The summed E-state index contributed by atoms with van der Waals surface area (Å²) in [7, 11) is 0. The van der Waals surface area contributed by atoms with Crippen molar-refractivity contribution < 1.29 is 27.9 Å². The lowest BCUT2D eigenvalue weighted by Crippen LogP contribution is -2.43. The van der Waals surface area contributed by atoms with Crippen LogP contribution < -0.4 is 5.32 Å². The van der Waals surface area contributed by atoms with Crippen LogP contribution in [0.4, 0.5) is 18.0 Å². The van der Waals surface area contributed by atoms with Gasteiger partial charge in [0.1, 0.15) is 0 Å². The van der Waals surface area contributed by atoms with E-state index in [9.17, 15) is 22.8 Å². The van der Waals surface area contributed by atoms with E-state index in [1.165, 1.54) is 0 Å². The molecule has 9 heteroatoms. The van der Waals surface area contributed by atoms with Crippen molar-refractivity contribution in [1.29, 1.82) is 0 Å². The van der Waals surface area contributed by atoms with E-state index in [0.717, 1.165) is 9.80 Å². The molecule has 1 aliphatic heterocycles. The molecule has 0 aliphatic carbocycles. The summed E-state index contributed by atoms with van der Waals surface area (Å²) in [5.74, 6) is -0.462. The number of aliphatic hydroxyl groups is 1. The molecular weight excluding hydrogens is 255 g/mol. The minimum Gasteiger partial charge on any atom is -0.395 e. The summed E-state index contributed by atoms with van der Waals surface area (Å²) in [5.41, 5.74) is 0. The van der Waals surface area contributed by atoms with Gasteiger partial charge in [-0.1, -0.05) is 0 Å². The topological polar surface area (TPSA) is 72.9 Å². The number of nitrogens with one attached hydrogen (secondary N) is 1. The first-order valence-corrected chi connectivity index (χ1v) is 5.31. The molecule has 0 aromatic heterocycles. The number of carbonyl (C=O) groups excluding carboxylic acids is 2. The molecule has 0 spiro atoms. The molecule has 1 heterocycles. The van der Waals surface area contributed by atoms with Gasteiger partial charge in [0.05, 0.1) is 19.7 Å². The maximum absolute atomic E-state index is 12.2. The molecule has 1 rings (SSSR count). The van der Waals surface area contributed by atoms with Crippen molar-refractivity contribution in [3.05, 3.63) is 0 Å². The summed E-state index contributed by atoms with van der Waals surface area (Å²) in [5, 5.41) is 10.9. The van der Waals surface area contributed by atoms with E-state index in [-0.39, 0.29) is 26.2 Å². The Kier molecular flexibility index (Phi) is 4.91. The number of halogens is 3. The first-order valence-electron chi connectivity index (χ1n) is 5.31. The third kappa shape index (κ3) is 4.49. The van der Waals surface area contributed by atoms with Crippen molar-refractivity contribution in [2.45, 2.75) is 6.18 Å². The van der Waals surface area contributed by atoms with Crippen LogP contribution >= 0.6 is 0 Å². The molecule has 1 saturated heterocycles. The van der Waals surface area contributed by atoms with Gasteiger partial charge in [0, 0.05) is 19.6 Å². The van der Waals surface area contributed by atoms with Crippen LogP contribution in [0.1, 0.15) is 0 Å². The smallest absolute Gasteiger partial charge is 0.395 e. The third-order valence-electron chi connectivity index (χ3n) is 2.40. The fourth-order valence-electron chi connectivity index (χ4n) is 1.59. The molecule has 1 fully saturated rings. The predicted molar refractivity (Wildman–Crippen MR) is 54.7 cm³/mol. The zero-order chi connectivity index (χ0) is 13.8. The Morgan fingerprint density at radius 1 is 1.33 bits per heavy atom. The van der Waals surface area contributed by atoms with Gasteiger partial charge in [-0.05, 0) is 0 Å². The molecule has 18 heavy (non-hydrogen) atoms. The van der Waals surface area contributed by atoms with Gasteiger partial charge in [0.15, 0.2) is 0 Å². The molecule has 0 radical (unpaired) electrons. The van der Waals surface area contributed by atoms with E-state index in [0.29, 0.717) is 0 Å². The molecule has 2 N–H and O–H groups in total. The highest BCUT2D eigenvalue weighted by molar-refractivity contribution is 6.01. The summed E-state index contributed by atoms with van der Waals surface area (Å²) in [6.07, 6.45) is -4.38. The van der Waals surface area contributed by atoms with Gasteiger partial charge in [-0.2, -0.15) is 13.2 Å². The van der Waals surface area contributed by atoms with E-state index < -0.39 is 31.3 Å². The van der Waals surface area contributed by atoms with E-state index >= 15 is 0 Å². The lowest BCUT2D eigenvalue weighted by molar-refractivity contribution is -0.147. The molecule has 0 saturated carbocycles. The van der Waals surface area contributed by atoms with Gasteiger partial charge in [0.2, 0.25) is 5.91 Å². The molecule has 3 amide bonds. The number of alkyl halides is 3. The maximum Gasteiger partial charge on any atom is 0.401 e. The minimum absolute atomic E-state index is 0.124. The monoisotopic (exact) mass is 269 g/mol. The van der Waals surface area contributed by atoms with Crippen molar-refractivity contribution in [2.24, 2.45) is 0 Å². The molecule has 0 aromatic rings. The number of hydrogen-bond acceptors (Lipinski definition) is 4. The number of amides is 3. The van der Waals surface area contributed by atoms with Crippen LogP contribution in [-0.2, 0) is 4.79 Å². The molecule has 0 atom stereocenters. The maximum atomic E-state index is 12.2. The fraction of sp³-hybridized carbons (Fsp3) is 0.778. The fourth-order valence-corrected chi connectivity index (χ4v) is 1.59. The Bertz CT molecular complexity index is 306. The molecule has 1 aliphatic rings. The Morgan fingerprint density at radius 2 is 2.00 bits per heavy atom. The molecule has 104 valence electrons. The van der Waals surface area contributed by atoms with Crippen LogP contribution in [-0.4, -0.2) is 72.4 Å². The van der Waals surface area contributed by atoms with Gasteiger partial charge < -0.3 is 10.4 Å². The summed E-state index contributed by atoms with van der Waals surface area (Å²) >= 11 is 0. The highest BCUT2D eigenvalue weighted by Crippen LogP contribution is 2.16. The van der Waals surface area contributed by atoms with Gasteiger partial charge in [-0.3, -0.25) is 14.6 Å². The number of rotatable bonds is 6. The number of imide groups is 1. The summed E-state index contributed by atoms with van der Waals surface area (Å²) in [6.45, 7) is -2.14. The van der Waals surface area contributed by atoms with E-state index in [2.05, 4.69) is 5.32 Å². The van der Waals surface area contributed by atoms with Crippen molar-refractivity contribution in [1.82, 2.24) is 15.1 Å². The van der Waals surface area contributed by atoms with Crippen molar-refractivity contribution in [3.63, 3.8) is 0 Å². The van der Waals surface area contributed by atoms with Crippen LogP contribution in [0.25, 0.3) is 0 Å². The predicted octanol–water partition coefficient (Wildman–Crippen LogP) is -0.605. The van der Waals surface area contributed by atoms with Crippen LogP contribution in [0.3, 0.4) is 0 Å². The number of hydrogen-bond donors (Lipinski definition) is 2. The average Bonchev–Trinajstić information content (AvgIpc) is 2.54.